The number of ether oxygens (including phenoxy) is 2. The van der Waals surface area contributed by atoms with Gasteiger partial charge < -0.3 is 14.6 Å². The molecule has 3 amide bonds. The quantitative estimate of drug-likeness (QED) is 0.302. The third-order valence-electron chi connectivity index (χ3n) is 8.25. The van der Waals surface area contributed by atoms with Gasteiger partial charge in [0.15, 0.2) is 11.6 Å². The molecular weight excluding hydrogens is 594 g/mol. The topological polar surface area (TPSA) is 127 Å². The molecule has 1 fully saturated rings. The van der Waals surface area contributed by atoms with Crippen molar-refractivity contribution in [3.63, 3.8) is 0 Å². The van der Waals surface area contributed by atoms with Gasteiger partial charge in [0.25, 0.3) is 0 Å². The highest BCUT2D eigenvalue weighted by molar-refractivity contribution is 9.12. The lowest BCUT2D eigenvalue weighted by Gasteiger charge is -2.42. The van der Waals surface area contributed by atoms with E-state index in [4.69, 9.17) is 4.74 Å². The predicted molar refractivity (Wildman–Crippen MR) is 148 cm³/mol. The number of hydrogen-bond donors (Lipinski definition) is 1. The van der Waals surface area contributed by atoms with Crippen LogP contribution >= 0.6 is 15.9 Å². The minimum Gasteiger partial charge on any atom is -0.507 e. The van der Waals surface area contributed by atoms with Crippen LogP contribution in [0.4, 0.5) is 4.79 Å². The number of Topliss-reactive ketones (excluding diaryl/α,β-unsaturated/α-hetero) is 1. The number of nitrogens with zero attached hydrogens (tertiary/aromatic N) is 1. The Morgan fingerprint density at radius 3 is 2.51 bits per heavy atom. The third-order valence-corrected chi connectivity index (χ3v) is 8.84. The van der Waals surface area contributed by atoms with Crippen LogP contribution in [0, 0.1) is 17.8 Å². The van der Waals surface area contributed by atoms with E-state index in [1.54, 1.807) is 18.2 Å². The Labute approximate surface area is 243 Å². The minimum absolute atomic E-state index is 0.0411. The molecule has 41 heavy (non-hydrogen) atoms. The molecule has 1 saturated heterocycles. The summed E-state index contributed by atoms with van der Waals surface area (Å²) in [5, 5.41) is 11.2. The van der Waals surface area contributed by atoms with Gasteiger partial charge in [0.2, 0.25) is 11.8 Å². The molecule has 0 saturated carbocycles. The fourth-order valence-electron chi connectivity index (χ4n) is 6.43. The monoisotopic (exact) mass is 617 g/mol. The van der Waals surface area contributed by atoms with E-state index in [1.165, 1.54) is 12.1 Å². The summed E-state index contributed by atoms with van der Waals surface area (Å²) >= 11 is 3.18. The van der Waals surface area contributed by atoms with Crippen LogP contribution in [0.5, 0.6) is 11.5 Å². The summed E-state index contributed by atoms with van der Waals surface area (Å²) in [6.45, 7) is 0.285. The van der Waals surface area contributed by atoms with Crippen molar-refractivity contribution in [1.82, 2.24) is 4.90 Å². The number of methoxy groups -OCH3 is 1. The number of allylic oxidation sites excluding steroid dienone is 6. The lowest BCUT2D eigenvalue weighted by molar-refractivity contribution is -0.137. The Morgan fingerprint density at radius 2 is 1.80 bits per heavy atom. The zero-order valence-electron chi connectivity index (χ0n) is 21.8. The average Bonchev–Trinajstić information content (AvgIpc) is 3.23. The maximum Gasteiger partial charge on any atom is 0.423 e. The van der Waals surface area contributed by atoms with Gasteiger partial charge >= 0.3 is 6.09 Å². The maximum atomic E-state index is 13.4. The first kappa shape index (κ1) is 26.9. The maximum absolute atomic E-state index is 13.4. The number of halogens is 1. The van der Waals surface area contributed by atoms with Gasteiger partial charge in [0.1, 0.15) is 18.1 Å². The van der Waals surface area contributed by atoms with E-state index in [0.717, 1.165) is 12.7 Å². The van der Waals surface area contributed by atoms with Gasteiger partial charge in [0.05, 0.1) is 23.4 Å². The number of rotatable bonds is 4. The Bertz CT molecular complexity index is 1620. The Hall–Kier alpha value is -4.31. The predicted octanol–water partition coefficient (Wildman–Crippen LogP) is 4.50. The molecule has 0 radical (unpaired) electrons. The molecule has 0 spiro atoms. The second-order valence-electron chi connectivity index (χ2n) is 10.4. The summed E-state index contributed by atoms with van der Waals surface area (Å²) in [5.41, 5.74) is 2.42. The molecule has 10 heteroatoms. The van der Waals surface area contributed by atoms with Gasteiger partial charge in [-0.25, -0.2) is 4.79 Å². The molecular formula is C31H24BrNO8. The number of likely N-dealkylation sites (tertiary alicyclic amines) is 1. The summed E-state index contributed by atoms with van der Waals surface area (Å²) in [6, 6.07) is 14.3. The van der Waals surface area contributed by atoms with E-state index >= 15 is 0 Å². The van der Waals surface area contributed by atoms with Crippen molar-refractivity contribution in [2.24, 2.45) is 17.8 Å². The molecule has 208 valence electrons. The summed E-state index contributed by atoms with van der Waals surface area (Å²) < 4.78 is 10.6. The van der Waals surface area contributed by atoms with Crippen LogP contribution < -0.4 is 4.74 Å². The zero-order chi connectivity index (χ0) is 29.0. The fourth-order valence-corrected chi connectivity index (χ4v) is 6.88. The van der Waals surface area contributed by atoms with Crippen LogP contribution in [-0.4, -0.2) is 46.6 Å². The van der Waals surface area contributed by atoms with Crippen molar-refractivity contribution >= 4 is 45.4 Å². The molecule has 3 aliphatic carbocycles. The second kappa shape index (κ2) is 10.3. The van der Waals surface area contributed by atoms with Crippen molar-refractivity contribution in [2.75, 3.05) is 7.11 Å². The Kier molecular flexibility index (Phi) is 6.73. The van der Waals surface area contributed by atoms with Crippen LogP contribution in [0.1, 0.15) is 29.9 Å². The number of carbonyl (C=O) groups excluding carboxylic acids is 5. The average molecular weight is 618 g/mol. The van der Waals surface area contributed by atoms with Crippen LogP contribution in [0.3, 0.4) is 0 Å². The number of hydrogen-bond acceptors (Lipinski definition) is 8. The highest BCUT2D eigenvalue weighted by atomic mass is 79.9. The van der Waals surface area contributed by atoms with Gasteiger partial charge in [0, 0.05) is 34.8 Å². The summed E-state index contributed by atoms with van der Waals surface area (Å²) in [4.78, 5) is 66.0. The number of benzene rings is 2. The molecule has 4 aliphatic rings. The molecule has 2 aromatic rings. The Morgan fingerprint density at radius 1 is 1.05 bits per heavy atom. The number of carbonyl (C=O) groups is 5. The molecule has 4 unspecified atom stereocenters. The summed E-state index contributed by atoms with van der Waals surface area (Å²) in [7, 11) is 1.09. The summed E-state index contributed by atoms with van der Waals surface area (Å²) in [6.07, 6.45) is 2.17. The molecule has 1 N–H and O–H groups in total. The fraction of sp³-hybridized carbons (Fsp3) is 0.258. The van der Waals surface area contributed by atoms with E-state index in [2.05, 4.69) is 20.7 Å². The van der Waals surface area contributed by atoms with Crippen LogP contribution in [-0.2, 0) is 30.5 Å². The number of imide groups is 3. The first-order chi connectivity index (χ1) is 19.7. The molecule has 1 heterocycles. The number of phenols is 1. The Balaban J connectivity index is 1.41. The lowest BCUT2D eigenvalue weighted by Crippen LogP contribution is -2.40. The standard InChI is InChI=1S/C31H24BrNO8/c1-40-31(39)33-29(37)19-10-9-17-20(26(19)30(33)38)12-21-27(24(35)13-22(32)28(21)36)25(17)18-8-7-16(11-23(18)34)41-14-15-5-3-2-4-6-15/h2-9,11,13,19-20,25-26,34H,10,12,14H2,1H3. The van der Waals surface area contributed by atoms with E-state index in [1.807, 2.05) is 30.3 Å². The highest BCUT2D eigenvalue weighted by Crippen LogP contribution is 2.56. The number of phenolic OH excluding ortho intramolecular Hbond substituents is 1. The number of amides is 3. The normalized spacial score (nSPS) is 25.3. The SMILES string of the molecule is COC(=O)N1C(=O)C2CC=C3C(c4ccc(OCc5ccccc5)cc4O)C4=C(CC3C2C1=O)C(=O)C(Br)=CC4=O. The van der Waals surface area contributed by atoms with Crippen molar-refractivity contribution < 1.29 is 38.6 Å². The van der Waals surface area contributed by atoms with Gasteiger partial charge in [-0.2, -0.15) is 4.90 Å². The van der Waals surface area contributed by atoms with Crippen LogP contribution in [0.25, 0.3) is 0 Å². The van der Waals surface area contributed by atoms with Crippen LogP contribution in [0.15, 0.2) is 81.9 Å². The molecule has 2 aromatic carbocycles. The van der Waals surface area contributed by atoms with Gasteiger partial charge in [-0.05, 0) is 46.3 Å². The van der Waals surface area contributed by atoms with Gasteiger partial charge in [-0.15, -0.1) is 0 Å². The zero-order valence-corrected chi connectivity index (χ0v) is 23.4. The van der Waals surface area contributed by atoms with Crippen molar-refractivity contribution in [3.05, 3.63) is 93.0 Å². The largest absolute Gasteiger partial charge is 0.507 e. The van der Waals surface area contributed by atoms with Crippen LogP contribution in [0.2, 0.25) is 0 Å². The first-order valence-corrected chi connectivity index (χ1v) is 13.8. The molecule has 4 atom stereocenters. The number of ketones is 2. The third kappa shape index (κ3) is 4.33. The van der Waals surface area contributed by atoms with Gasteiger partial charge in [-0.1, -0.05) is 48.0 Å². The summed E-state index contributed by atoms with van der Waals surface area (Å²) in [5.74, 6) is -5.04. The van der Waals surface area contributed by atoms with Crippen molar-refractivity contribution in [3.8, 4) is 11.5 Å². The van der Waals surface area contributed by atoms with Crippen molar-refractivity contribution in [1.29, 1.82) is 0 Å². The van der Waals surface area contributed by atoms with Crippen molar-refractivity contribution in [2.45, 2.75) is 25.4 Å². The number of aromatic hydroxyl groups is 1. The van der Waals surface area contributed by atoms with E-state index in [-0.39, 0.29) is 46.6 Å². The molecule has 9 nitrogen and oxygen atoms in total. The van der Waals surface area contributed by atoms with Gasteiger partial charge in [-0.3, -0.25) is 19.2 Å². The molecule has 6 rings (SSSR count). The highest BCUT2D eigenvalue weighted by Gasteiger charge is 2.58. The molecule has 0 bridgehead atoms. The molecule has 1 aliphatic heterocycles. The minimum atomic E-state index is -1.05. The van der Waals surface area contributed by atoms with E-state index in [9.17, 15) is 29.1 Å². The van der Waals surface area contributed by atoms with E-state index in [0.29, 0.717) is 21.8 Å². The second-order valence-corrected chi connectivity index (χ2v) is 11.2. The van der Waals surface area contributed by atoms with E-state index < -0.39 is 47.4 Å². The lowest BCUT2D eigenvalue weighted by atomic mass is 9.59. The number of fused-ring (bicyclic) bond motifs is 3. The smallest absolute Gasteiger partial charge is 0.423 e. The molecule has 0 aromatic heterocycles. The first-order valence-electron chi connectivity index (χ1n) is 13.1.